The van der Waals surface area contributed by atoms with Crippen LogP contribution in [-0.2, 0) is 14.3 Å². The van der Waals surface area contributed by atoms with E-state index in [1.165, 1.54) is 7.11 Å². The molecule has 5 nitrogen and oxygen atoms in total. The summed E-state index contributed by atoms with van der Waals surface area (Å²) in [6, 6.07) is 0.641. The lowest BCUT2D eigenvalue weighted by atomic mass is 9.81. The molecule has 1 saturated carbocycles. The lowest BCUT2D eigenvalue weighted by Gasteiger charge is -2.41. The van der Waals surface area contributed by atoms with E-state index in [-0.39, 0.29) is 56.8 Å². The first-order chi connectivity index (χ1) is 12.3. The smallest absolute Gasteiger partial charge is 0.382 e. The summed E-state index contributed by atoms with van der Waals surface area (Å²) in [5, 5.41) is 6.50. The van der Waals surface area contributed by atoms with Crippen LogP contribution in [0.4, 0.5) is 13.2 Å². The van der Waals surface area contributed by atoms with Crippen LogP contribution in [0.15, 0.2) is 0 Å². The van der Waals surface area contributed by atoms with Crippen molar-refractivity contribution in [3.05, 3.63) is 0 Å². The van der Waals surface area contributed by atoms with Gasteiger partial charge in [-0.05, 0) is 51.4 Å². The molecule has 1 amide bonds. The van der Waals surface area contributed by atoms with Gasteiger partial charge in [-0.2, -0.15) is 13.2 Å². The molecule has 2 unspecified atom stereocenters. The van der Waals surface area contributed by atoms with E-state index >= 15 is 0 Å². The summed E-state index contributed by atoms with van der Waals surface area (Å²) in [5.74, 6) is -0.00536. The minimum atomic E-state index is -4.41. The number of hydrogen-bond donors (Lipinski definition) is 2. The Morgan fingerprint density at radius 1 is 1.12 bits per heavy atom. The Balaban J connectivity index is 1.51. The number of carbonyl (C=O) groups excluding carboxylic acids is 1. The largest absolute Gasteiger partial charge is 0.417 e. The van der Waals surface area contributed by atoms with Crippen LogP contribution in [0.2, 0.25) is 0 Å². The van der Waals surface area contributed by atoms with Gasteiger partial charge < -0.3 is 20.1 Å². The Morgan fingerprint density at radius 2 is 1.73 bits per heavy atom. The van der Waals surface area contributed by atoms with Gasteiger partial charge in [0, 0.05) is 31.2 Å². The average Bonchev–Trinajstić information content (AvgIpc) is 2.93. The Morgan fingerprint density at radius 3 is 2.27 bits per heavy atom. The number of alkyl halides is 3. The van der Waals surface area contributed by atoms with Crippen molar-refractivity contribution in [2.24, 2.45) is 5.92 Å². The Hall–Kier alpha value is -0.860. The first kappa shape index (κ1) is 19.9. The third-order valence-corrected chi connectivity index (χ3v) is 6.17. The fourth-order valence-electron chi connectivity index (χ4n) is 4.65. The highest BCUT2D eigenvalue weighted by molar-refractivity contribution is 5.79. The van der Waals surface area contributed by atoms with E-state index in [1.807, 2.05) is 0 Å². The first-order valence-electron chi connectivity index (χ1n) is 9.59. The lowest BCUT2D eigenvalue weighted by molar-refractivity contribution is -0.290. The molecule has 2 atom stereocenters. The molecule has 26 heavy (non-hydrogen) atoms. The van der Waals surface area contributed by atoms with Crippen LogP contribution in [0.1, 0.15) is 51.4 Å². The van der Waals surface area contributed by atoms with Crippen LogP contribution in [0, 0.1) is 5.92 Å². The molecular weight excluding hydrogens is 349 g/mol. The molecule has 3 fully saturated rings. The number of hydrogen-bond acceptors (Lipinski definition) is 4. The van der Waals surface area contributed by atoms with Crippen molar-refractivity contribution in [3.8, 4) is 0 Å². The molecular formula is C18H29F3N2O3. The van der Waals surface area contributed by atoms with Gasteiger partial charge in [0.15, 0.2) is 5.60 Å². The van der Waals surface area contributed by atoms with E-state index in [1.54, 1.807) is 0 Å². The van der Waals surface area contributed by atoms with Gasteiger partial charge in [0.1, 0.15) is 0 Å². The second-order valence-electron chi connectivity index (χ2n) is 7.92. The number of nitrogens with one attached hydrogen (secondary N) is 2. The van der Waals surface area contributed by atoms with Gasteiger partial charge in [-0.25, -0.2) is 0 Å². The summed E-state index contributed by atoms with van der Waals surface area (Å²) in [6.07, 6.45) is -0.180. The number of methoxy groups -OCH3 is 1. The third-order valence-electron chi connectivity index (χ3n) is 6.17. The molecule has 0 aromatic heterocycles. The second-order valence-corrected chi connectivity index (χ2v) is 7.92. The maximum Gasteiger partial charge on any atom is 0.417 e. The van der Waals surface area contributed by atoms with Crippen molar-refractivity contribution in [1.82, 2.24) is 10.6 Å². The molecule has 150 valence electrons. The highest BCUT2D eigenvalue weighted by Crippen LogP contribution is 2.44. The molecule has 2 bridgehead atoms. The molecule has 0 aromatic rings. The van der Waals surface area contributed by atoms with Gasteiger partial charge in [-0.15, -0.1) is 0 Å². The van der Waals surface area contributed by atoms with E-state index in [9.17, 15) is 18.0 Å². The minimum Gasteiger partial charge on any atom is -0.382 e. The molecule has 2 aliphatic heterocycles. The monoisotopic (exact) mass is 378 g/mol. The minimum absolute atomic E-state index is 0.00760. The fraction of sp³-hybridized carbons (Fsp3) is 0.944. The van der Waals surface area contributed by atoms with Crippen LogP contribution in [-0.4, -0.2) is 56.1 Å². The predicted molar refractivity (Wildman–Crippen MR) is 89.7 cm³/mol. The van der Waals surface area contributed by atoms with Crippen LogP contribution in [0.25, 0.3) is 0 Å². The normalized spacial score (nSPS) is 37.5. The van der Waals surface area contributed by atoms with Crippen LogP contribution < -0.4 is 10.6 Å². The van der Waals surface area contributed by atoms with Crippen molar-refractivity contribution < 1.29 is 27.4 Å². The summed E-state index contributed by atoms with van der Waals surface area (Å²) in [5.41, 5.74) is -2.11. The van der Waals surface area contributed by atoms with Crippen molar-refractivity contribution in [2.45, 2.75) is 81.3 Å². The second kappa shape index (κ2) is 8.02. The number of amides is 1. The van der Waals surface area contributed by atoms with Crippen molar-refractivity contribution in [2.75, 3.05) is 20.3 Å². The van der Waals surface area contributed by atoms with Gasteiger partial charge in [0.25, 0.3) is 0 Å². The zero-order chi connectivity index (χ0) is 18.8. The highest BCUT2D eigenvalue weighted by atomic mass is 19.4. The molecule has 3 rings (SSSR count). The highest BCUT2D eigenvalue weighted by Gasteiger charge is 2.57. The van der Waals surface area contributed by atoms with Gasteiger partial charge in [0.2, 0.25) is 5.91 Å². The Labute approximate surface area is 152 Å². The molecule has 8 heteroatoms. The van der Waals surface area contributed by atoms with E-state index < -0.39 is 11.8 Å². The molecule has 3 aliphatic rings. The number of fused-ring (bicyclic) bond motifs is 2. The van der Waals surface area contributed by atoms with Crippen LogP contribution in [0.3, 0.4) is 0 Å². The van der Waals surface area contributed by atoms with Crippen molar-refractivity contribution >= 4 is 5.91 Å². The quantitative estimate of drug-likeness (QED) is 0.698. The van der Waals surface area contributed by atoms with Crippen molar-refractivity contribution in [3.63, 3.8) is 0 Å². The van der Waals surface area contributed by atoms with Gasteiger partial charge in [-0.1, -0.05) is 0 Å². The molecule has 2 N–H and O–H groups in total. The predicted octanol–water partition coefficient (Wildman–Crippen LogP) is 2.54. The molecule has 2 saturated heterocycles. The standard InChI is InChI=1S/C18H29F3N2O3/c1-25-8-9-26-17(18(19,20)21)6-4-13(5-7-17)23-16(24)12-10-14-2-3-15(11-12)22-14/h12-15,22H,2-11H2,1H3,(H,23,24). The molecule has 1 aliphatic carbocycles. The number of piperidine rings is 1. The summed E-state index contributed by atoms with van der Waals surface area (Å²) in [4.78, 5) is 12.5. The molecule has 2 heterocycles. The van der Waals surface area contributed by atoms with E-state index in [0.717, 1.165) is 25.7 Å². The van der Waals surface area contributed by atoms with Gasteiger partial charge in [-0.3, -0.25) is 4.79 Å². The average molecular weight is 378 g/mol. The molecule has 0 radical (unpaired) electrons. The topological polar surface area (TPSA) is 59.6 Å². The Bertz CT molecular complexity index is 481. The summed E-state index contributed by atoms with van der Waals surface area (Å²) < 4.78 is 50.6. The zero-order valence-corrected chi connectivity index (χ0v) is 15.2. The number of halogens is 3. The number of ether oxygens (including phenoxy) is 2. The first-order valence-corrected chi connectivity index (χ1v) is 9.59. The maximum atomic E-state index is 13.5. The third kappa shape index (κ3) is 4.34. The zero-order valence-electron chi connectivity index (χ0n) is 15.2. The molecule has 0 aromatic carbocycles. The van der Waals surface area contributed by atoms with Crippen LogP contribution in [0.5, 0.6) is 0 Å². The number of rotatable bonds is 6. The van der Waals surface area contributed by atoms with E-state index in [4.69, 9.17) is 9.47 Å². The SMILES string of the molecule is COCCOC1(C(F)(F)F)CCC(NC(=O)C2CC3CCC(C2)N3)CC1. The summed E-state index contributed by atoms with van der Waals surface area (Å²) in [6.45, 7) is 0.0565. The van der Waals surface area contributed by atoms with Crippen LogP contribution >= 0.6 is 0 Å². The Kier molecular flexibility index (Phi) is 6.14. The van der Waals surface area contributed by atoms with E-state index in [0.29, 0.717) is 12.1 Å². The van der Waals surface area contributed by atoms with Gasteiger partial charge >= 0.3 is 6.18 Å². The summed E-state index contributed by atoms with van der Waals surface area (Å²) in [7, 11) is 1.43. The van der Waals surface area contributed by atoms with Crippen molar-refractivity contribution in [1.29, 1.82) is 0 Å². The summed E-state index contributed by atoms with van der Waals surface area (Å²) >= 11 is 0. The van der Waals surface area contributed by atoms with E-state index in [2.05, 4.69) is 10.6 Å². The lowest BCUT2D eigenvalue weighted by Crippen LogP contribution is -2.54. The van der Waals surface area contributed by atoms with Gasteiger partial charge in [0.05, 0.1) is 13.2 Å². The fourth-order valence-corrected chi connectivity index (χ4v) is 4.65. The number of carbonyl (C=O) groups is 1. The molecule has 0 spiro atoms. The maximum absolute atomic E-state index is 13.5.